The number of aromatic nitrogens is 1. The quantitative estimate of drug-likeness (QED) is 0.647. The molecular weight excluding hydrogens is 306 g/mol. The monoisotopic (exact) mass is 315 g/mol. The van der Waals surface area contributed by atoms with Crippen molar-refractivity contribution in [1.29, 1.82) is 0 Å². The molecule has 1 heterocycles. The molecule has 0 spiro atoms. The van der Waals surface area contributed by atoms with Gasteiger partial charge in [0.25, 0.3) is 0 Å². The molecule has 0 saturated heterocycles. The molecule has 0 amide bonds. The molecule has 1 aromatic heterocycles. The Labute approximate surface area is 118 Å². The lowest BCUT2D eigenvalue weighted by Gasteiger charge is -1.94. The fourth-order valence-corrected chi connectivity index (χ4v) is 1.93. The van der Waals surface area contributed by atoms with E-state index in [-0.39, 0.29) is 0 Å². The third-order valence-corrected chi connectivity index (χ3v) is 3.13. The van der Waals surface area contributed by atoms with Gasteiger partial charge in [0.05, 0.1) is 6.54 Å². The van der Waals surface area contributed by atoms with Crippen LogP contribution in [0.2, 0.25) is 0 Å². The lowest BCUT2D eigenvalue weighted by molar-refractivity contribution is 0.602. The maximum atomic E-state index is 5.45. The number of benzene rings is 2. The molecular formula is C14H10BrN3O. The molecule has 0 atom stereocenters. The van der Waals surface area contributed by atoms with Crippen molar-refractivity contribution in [2.45, 2.75) is 6.54 Å². The van der Waals surface area contributed by atoms with Crippen LogP contribution >= 0.6 is 15.9 Å². The topological polar surface area (TPSA) is 50.8 Å². The van der Waals surface area contributed by atoms with Crippen LogP contribution in [0, 0.1) is 0 Å². The van der Waals surface area contributed by atoms with E-state index in [0.717, 1.165) is 21.1 Å². The molecule has 3 aromatic rings. The third-order valence-electron chi connectivity index (χ3n) is 2.61. The van der Waals surface area contributed by atoms with Gasteiger partial charge in [0, 0.05) is 4.47 Å². The van der Waals surface area contributed by atoms with Crippen molar-refractivity contribution in [3.8, 4) is 0 Å². The summed E-state index contributed by atoms with van der Waals surface area (Å²) >= 11 is 3.39. The molecule has 0 radical (unpaired) electrons. The van der Waals surface area contributed by atoms with Gasteiger partial charge in [-0.25, -0.2) is 0 Å². The Hall–Kier alpha value is -2.01. The average molecular weight is 316 g/mol. The summed E-state index contributed by atoms with van der Waals surface area (Å²) in [6.07, 6.45) is 0. The molecule has 0 unspecified atom stereocenters. The number of fused-ring (bicyclic) bond motifs is 1. The fraction of sp³-hybridized carbons (Fsp3) is 0.0714. The first-order chi connectivity index (χ1) is 9.31. The van der Waals surface area contributed by atoms with Gasteiger partial charge in [-0.15, -0.1) is 0 Å². The summed E-state index contributed by atoms with van der Waals surface area (Å²) < 4.78 is 6.49. The molecule has 2 aromatic carbocycles. The van der Waals surface area contributed by atoms with Gasteiger partial charge in [0.15, 0.2) is 5.58 Å². The van der Waals surface area contributed by atoms with E-state index in [1.54, 1.807) is 0 Å². The molecule has 3 rings (SSSR count). The SMILES string of the molecule is Brc1ccc(CN=Nc2nc3ccccc3o2)cc1. The molecule has 94 valence electrons. The molecule has 19 heavy (non-hydrogen) atoms. The van der Waals surface area contributed by atoms with E-state index in [4.69, 9.17) is 4.42 Å². The van der Waals surface area contributed by atoms with E-state index in [1.807, 2.05) is 48.5 Å². The number of hydrogen-bond acceptors (Lipinski definition) is 4. The van der Waals surface area contributed by atoms with E-state index in [2.05, 4.69) is 31.1 Å². The highest BCUT2D eigenvalue weighted by Crippen LogP contribution is 2.20. The van der Waals surface area contributed by atoms with E-state index in [0.29, 0.717) is 12.6 Å². The second kappa shape index (κ2) is 5.32. The van der Waals surface area contributed by atoms with E-state index >= 15 is 0 Å². The zero-order chi connectivity index (χ0) is 13.1. The maximum Gasteiger partial charge on any atom is 0.341 e. The predicted molar refractivity (Wildman–Crippen MR) is 76.4 cm³/mol. The van der Waals surface area contributed by atoms with Crippen LogP contribution in [0.15, 0.2) is 67.6 Å². The van der Waals surface area contributed by atoms with Gasteiger partial charge in [-0.1, -0.05) is 45.3 Å². The van der Waals surface area contributed by atoms with Crippen molar-refractivity contribution in [1.82, 2.24) is 4.98 Å². The Morgan fingerprint density at radius 1 is 1.05 bits per heavy atom. The van der Waals surface area contributed by atoms with Crippen LogP contribution in [-0.2, 0) is 6.54 Å². The van der Waals surface area contributed by atoms with Crippen molar-refractivity contribution >= 4 is 33.0 Å². The standard InChI is InChI=1S/C14H10BrN3O/c15-11-7-5-10(6-8-11)9-16-18-14-17-12-3-1-2-4-13(12)19-14/h1-8H,9H2. The minimum Gasteiger partial charge on any atom is -0.421 e. The van der Waals surface area contributed by atoms with Crippen LogP contribution in [0.4, 0.5) is 6.01 Å². The van der Waals surface area contributed by atoms with E-state index in [9.17, 15) is 0 Å². The van der Waals surface area contributed by atoms with Gasteiger partial charge < -0.3 is 4.42 Å². The van der Waals surface area contributed by atoms with Crippen LogP contribution in [0.25, 0.3) is 11.1 Å². The Kier molecular flexibility index (Phi) is 3.37. The normalized spacial score (nSPS) is 11.4. The van der Waals surface area contributed by atoms with Crippen LogP contribution in [-0.4, -0.2) is 4.98 Å². The zero-order valence-electron chi connectivity index (χ0n) is 9.95. The third kappa shape index (κ3) is 2.88. The highest BCUT2D eigenvalue weighted by Gasteiger charge is 2.02. The van der Waals surface area contributed by atoms with Crippen molar-refractivity contribution in [2.24, 2.45) is 10.2 Å². The minimum atomic E-state index is 0.290. The second-order valence-electron chi connectivity index (χ2n) is 3.99. The first kappa shape index (κ1) is 12.0. The molecule has 5 heteroatoms. The Bertz CT molecular complexity index is 686. The number of para-hydroxylation sites is 2. The molecule has 0 aliphatic heterocycles. The van der Waals surface area contributed by atoms with Crippen molar-refractivity contribution in [3.05, 3.63) is 58.6 Å². The minimum absolute atomic E-state index is 0.290. The highest BCUT2D eigenvalue weighted by molar-refractivity contribution is 9.10. The predicted octanol–water partition coefficient (Wildman–Crippen LogP) is 4.87. The summed E-state index contributed by atoms with van der Waals surface area (Å²) in [6, 6.07) is 15.8. The van der Waals surface area contributed by atoms with Crippen molar-refractivity contribution < 1.29 is 4.42 Å². The van der Waals surface area contributed by atoms with Gasteiger partial charge >= 0.3 is 6.01 Å². The Balaban J connectivity index is 1.73. The molecule has 0 saturated carbocycles. The van der Waals surface area contributed by atoms with Crippen molar-refractivity contribution in [2.75, 3.05) is 0 Å². The first-order valence-corrected chi connectivity index (χ1v) is 6.58. The van der Waals surface area contributed by atoms with Gasteiger partial charge in [-0.05, 0) is 29.8 Å². The number of oxazole rings is 1. The van der Waals surface area contributed by atoms with E-state index in [1.165, 1.54) is 0 Å². The molecule has 0 N–H and O–H groups in total. The molecule has 0 aliphatic carbocycles. The molecule has 0 fully saturated rings. The van der Waals surface area contributed by atoms with Crippen LogP contribution in [0.5, 0.6) is 0 Å². The van der Waals surface area contributed by atoms with E-state index < -0.39 is 0 Å². The average Bonchev–Trinajstić information content (AvgIpc) is 2.83. The zero-order valence-corrected chi connectivity index (χ0v) is 11.5. The molecule has 0 aliphatic rings. The summed E-state index contributed by atoms with van der Waals surface area (Å²) in [5, 5.41) is 8.09. The number of azo groups is 1. The lowest BCUT2D eigenvalue weighted by Crippen LogP contribution is -1.78. The second-order valence-corrected chi connectivity index (χ2v) is 4.91. The summed E-state index contributed by atoms with van der Waals surface area (Å²) in [6.45, 7) is 0.506. The highest BCUT2D eigenvalue weighted by atomic mass is 79.9. The number of rotatable bonds is 3. The smallest absolute Gasteiger partial charge is 0.341 e. The molecule has 4 nitrogen and oxygen atoms in total. The first-order valence-electron chi connectivity index (χ1n) is 5.79. The van der Waals surface area contributed by atoms with Gasteiger partial charge in [0.1, 0.15) is 5.52 Å². The summed E-state index contributed by atoms with van der Waals surface area (Å²) in [5.41, 5.74) is 2.60. The molecule has 0 bridgehead atoms. The summed E-state index contributed by atoms with van der Waals surface area (Å²) in [4.78, 5) is 4.22. The van der Waals surface area contributed by atoms with Gasteiger partial charge in [-0.2, -0.15) is 10.1 Å². The Morgan fingerprint density at radius 3 is 2.63 bits per heavy atom. The Morgan fingerprint density at radius 2 is 1.84 bits per heavy atom. The lowest BCUT2D eigenvalue weighted by atomic mass is 10.2. The fourth-order valence-electron chi connectivity index (χ4n) is 1.67. The summed E-state index contributed by atoms with van der Waals surface area (Å²) in [5.74, 6) is 0. The maximum absolute atomic E-state index is 5.45. The van der Waals surface area contributed by atoms with Crippen LogP contribution in [0.1, 0.15) is 5.56 Å². The van der Waals surface area contributed by atoms with Crippen LogP contribution in [0.3, 0.4) is 0 Å². The van der Waals surface area contributed by atoms with Gasteiger partial charge in [0.2, 0.25) is 0 Å². The number of halogens is 1. The number of nitrogens with zero attached hydrogens (tertiary/aromatic N) is 3. The summed E-state index contributed by atoms with van der Waals surface area (Å²) in [7, 11) is 0. The van der Waals surface area contributed by atoms with Crippen LogP contribution < -0.4 is 0 Å². The van der Waals surface area contributed by atoms with Gasteiger partial charge in [-0.3, -0.25) is 0 Å². The number of hydrogen-bond donors (Lipinski definition) is 0. The van der Waals surface area contributed by atoms with Crippen molar-refractivity contribution in [3.63, 3.8) is 0 Å². The largest absolute Gasteiger partial charge is 0.421 e.